The lowest BCUT2D eigenvalue weighted by Gasteiger charge is -2.42. The van der Waals surface area contributed by atoms with Gasteiger partial charge in [0.15, 0.2) is 0 Å². The van der Waals surface area contributed by atoms with Crippen molar-refractivity contribution < 1.29 is 4.39 Å². The molecule has 0 unspecified atom stereocenters. The van der Waals surface area contributed by atoms with Crippen LogP contribution in [0.1, 0.15) is 37.3 Å². The zero-order valence-corrected chi connectivity index (χ0v) is 15.1. The molecule has 3 heteroatoms. The molecule has 0 bridgehead atoms. The smallest absolute Gasteiger partial charge is 0.123 e. The minimum absolute atomic E-state index is 0.0400. The lowest BCUT2D eigenvalue weighted by molar-refractivity contribution is 0.381. The monoisotopic (exact) mass is 338 g/mol. The summed E-state index contributed by atoms with van der Waals surface area (Å²) in [5.74, 6) is -0.161. The van der Waals surface area contributed by atoms with Gasteiger partial charge >= 0.3 is 0 Å². The second kappa shape index (κ2) is 6.45. The summed E-state index contributed by atoms with van der Waals surface area (Å²) in [7, 11) is 0. The minimum Gasteiger partial charge on any atom is -0.361 e. The number of halogens is 1. The van der Waals surface area contributed by atoms with Gasteiger partial charge in [-0.3, -0.25) is 0 Å². The van der Waals surface area contributed by atoms with Gasteiger partial charge in [-0.25, -0.2) is 4.39 Å². The van der Waals surface area contributed by atoms with E-state index in [1.807, 2.05) is 12.1 Å². The molecule has 3 atom stereocenters. The van der Waals surface area contributed by atoms with E-state index in [0.29, 0.717) is 12.1 Å². The first-order valence-electron chi connectivity index (χ1n) is 9.39. The maximum Gasteiger partial charge on any atom is 0.123 e. The van der Waals surface area contributed by atoms with Crippen molar-refractivity contribution in [1.82, 2.24) is 5.32 Å². The first-order chi connectivity index (χ1) is 12.0. The van der Waals surface area contributed by atoms with Crippen LogP contribution in [0.3, 0.4) is 0 Å². The largest absolute Gasteiger partial charge is 0.361 e. The Hall–Kier alpha value is -1.87. The highest BCUT2D eigenvalue weighted by molar-refractivity contribution is 5.55. The summed E-state index contributed by atoms with van der Waals surface area (Å²) in [5, 5.41) is 3.74. The molecular weight excluding hydrogens is 311 g/mol. The van der Waals surface area contributed by atoms with Crippen molar-refractivity contribution in [2.45, 2.75) is 57.2 Å². The molecule has 2 saturated heterocycles. The molecule has 0 amide bonds. The SMILES string of the molecule is Cc1cccc(N2[C@H]3CCCN[C@H]3C[C@@]2(C)Cc2ccc(F)cc2)c1. The van der Waals surface area contributed by atoms with E-state index in [-0.39, 0.29) is 11.4 Å². The van der Waals surface area contributed by atoms with Crippen LogP contribution in [0.4, 0.5) is 10.1 Å². The molecule has 0 spiro atoms. The number of hydrogen-bond acceptors (Lipinski definition) is 2. The number of piperidine rings is 1. The lowest BCUT2D eigenvalue weighted by atomic mass is 9.88. The lowest BCUT2D eigenvalue weighted by Crippen LogP contribution is -2.50. The predicted molar refractivity (Wildman–Crippen MR) is 102 cm³/mol. The normalized spacial score (nSPS) is 28.8. The van der Waals surface area contributed by atoms with E-state index in [2.05, 4.69) is 48.3 Å². The van der Waals surface area contributed by atoms with Crippen LogP contribution < -0.4 is 10.2 Å². The van der Waals surface area contributed by atoms with E-state index in [1.54, 1.807) is 12.1 Å². The third-order valence-corrected chi connectivity index (χ3v) is 5.90. The molecule has 0 radical (unpaired) electrons. The van der Waals surface area contributed by atoms with Crippen LogP contribution in [0.5, 0.6) is 0 Å². The number of fused-ring (bicyclic) bond motifs is 1. The molecule has 0 saturated carbocycles. The summed E-state index contributed by atoms with van der Waals surface area (Å²) in [6, 6.07) is 17.0. The molecule has 25 heavy (non-hydrogen) atoms. The van der Waals surface area contributed by atoms with Crippen LogP contribution in [0.2, 0.25) is 0 Å². The second-order valence-electron chi connectivity index (χ2n) is 7.98. The number of nitrogens with zero attached hydrogens (tertiary/aromatic N) is 1. The first-order valence-corrected chi connectivity index (χ1v) is 9.39. The van der Waals surface area contributed by atoms with Crippen molar-refractivity contribution in [3.05, 3.63) is 65.5 Å². The summed E-state index contributed by atoms with van der Waals surface area (Å²) in [4.78, 5) is 2.65. The zero-order valence-electron chi connectivity index (χ0n) is 15.1. The third kappa shape index (κ3) is 3.18. The Morgan fingerprint density at radius 3 is 2.76 bits per heavy atom. The molecule has 2 aromatic carbocycles. The van der Waals surface area contributed by atoms with Gasteiger partial charge in [0, 0.05) is 23.3 Å². The van der Waals surface area contributed by atoms with Gasteiger partial charge in [-0.1, -0.05) is 24.3 Å². The molecule has 2 nitrogen and oxygen atoms in total. The van der Waals surface area contributed by atoms with E-state index >= 15 is 0 Å². The number of aryl methyl sites for hydroxylation is 1. The molecule has 0 aliphatic carbocycles. The number of rotatable bonds is 3. The van der Waals surface area contributed by atoms with Crippen molar-refractivity contribution in [3.63, 3.8) is 0 Å². The summed E-state index contributed by atoms with van der Waals surface area (Å²) < 4.78 is 13.3. The summed E-state index contributed by atoms with van der Waals surface area (Å²) >= 11 is 0. The fourth-order valence-electron chi connectivity index (χ4n) is 4.91. The van der Waals surface area contributed by atoms with Gasteiger partial charge in [-0.2, -0.15) is 0 Å². The van der Waals surface area contributed by atoms with Gasteiger partial charge in [-0.15, -0.1) is 0 Å². The van der Waals surface area contributed by atoms with E-state index in [1.165, 1.54) is 29.7 Å². The van der Waals surface area contributed by atoms with Gasteiger partial charge < -0.3 is 10.2 Å². The van der Waals surface area contributed by atoms with E-state index < -0.39 is 0 Å². The average molecular weight is 338 g/mol. The van der Waals surface area contributed by atoms with E-state index in [4.69, 9.17) is 0 Å². The van der Waals surface area contributed by atoms with Crippen LogP contribution in [0.25, 0.3) is 0 Å². The molecule has 0 aromatic heterocycles. The Bertz CT molecular complexity index is 742. The van der Waals surface area contributed by atoms with Crippen molar-refractivity contribution in [2.24, 2.45) is 0 Å². The van der Waals surface area contributed by atoms with Crippen LogP contribution in [0.15, 0.2) is 48.5 Å². The molecule has 2 aliphatic rings. The molecule has 2 fully saturated rings. The van der Waals surface area contributed by atoms with E-state index in [9.17, 15) is 4.39 Å². The van der Waals surface area contributed by atoms with Gasteiger partial charge in [-0.05, 0) is 81.5 Å². The van der Waals surface area contributed by atoms with Crippen molar-refractivity contribution in [1.29, 1.82) is 0 Å². The van der Waals surface area contributed by atoms with Crippen LogP contribution >= 0.6 is 0 Å². The standard InChI is InChI=1S/C22H27FN2/c1-16-5-3-6-19(13-16)25-21-7-4-12-24-20(21)15-22(25,2)14-17-8-10-18(23)11-9-17/h3,5-6,8-11,13,20-21,24H,4,7,12,14-15H2,1-2H3/t20-,21-,22+/m0/s1. The molecule has 1 N–H and O–H groups in total. The maximum atomic E-state index is 13.3. The molecule has 4 rings (SSSR count). The van der Waals surface area contributed by atoms with Crippen molar-refractivity contribution >= 4 is 5.69 Å². The van der Waals surface area contributed by atoms with Gasteiger partial charge in [0.2, 0.25) is 0 Å². The number of anilines is 1. The number of nitrogens with one attached hydrogen (secondary N) is 1. The maximum absolute atomic E-state index is 13.3. The van der Waals surface area contributed by atoms with Crippen LogP contribution in [0, 0.1) is 12.7 Å². The van der Waals surface area contributed by atoms with Gasteiger partial charge in [0.1, 0.15) is 5.82 Å². The van der Waals surface area contributed by atoms with Crippen molar-refractivity contribution in [3.8, 4) is 0 Å². The zero-order chi connectivity index (χ0) is 17.4. The quantitative estimate of drug-likeness (QED) is 0.888. The highest BCUT2D eigenvalue weighted by Crippen LogP contribution is 2.43. The third-order valence-electron chi connectivity index (χ3n) is 5.90. The Morgan fingerprint density at radius 1 is 1.20 bits per heavy atom. The first kappa shape index (κ1) is 16.6. The summed E-state index contributed by atoms with van der Waals surface area (Å²) in [6.45, 7) is 5.65. The fourth-order valence-corrected chi connectivity index (χ4v) is 4.91. The predicted octanol–water partition coefficient (Wildman–Crippen LogP) is 4.47. The summed E-state index contributed by atoms with van der Waals surface area (Å²) in [5.41, 5.74) is 3.87. The highest BCUT2D eigenvalue weighted by atomic mass is 19.1. The van der Waals surface area contributed by atoms with Gasteiger partial charge in [0.25, 0.3) is 0 Å². The number of benzene rings is 2. The molecule has 132 valence electrons. The average Bonchev–Trinajstić information content (AvgIpc) is 2.88. The van der Waals surface area contributed by atoms with Crippen molar-refractivity contribution in [2.75, 3.05) is 11.4 Å². The Morgan fingerprint density at radius 2 is 2.00 bits per heavy atom. The molecule has 2 aromatic rings. The Balaban J connectivity index is 1.71. The topological polar surface area (TPSA) is 15.3 Å². The van der Waals surface area contributed by atoms with E-state index in [0.717, 1.165) is 19.4 Å². The summed E-state index contributed by atoms with van der Waals surface area (Å²) in [6.07, 6.45) is 4.54. The number of hydrogen-bond donors (Lipinski definition) is 1. The van der Waals surface area contributed by atoms with Gasteiger partial charge in [0.05, 0.1) is 0 Å². The fraction of sp³-hybridized carbons (Fsp3) is 0.455. The highest BCUT2D eigenvalue weighted by Gasteiger charge is 2.49. The molecule has 2 heterocycles. The molecule has 2 aliphatic heterocycles. The Kier molecular flexibility index (Phi) is 4.28. The second-order valence-corrected chi connectivity index (χ2v) is 7.98. The van der Waals surface area contributed by atoms with Crippen LogP contribution in [-0.2, 0) is 6.42 Å². The minimum atomic E-state index is -0.161. The Labute approximate surface area is 150 Å². The van der Waals surface area contributed by atoms with Crippen LogP contribution in [-0.4, -0.2) is 24.2 Å². The molecular formula is C22H27FN2.